The van der Waals surface area contributed by atoms with Gasteiger partial charge in [-0.3, -0.25) is 14.1 Å². The van der Waals surface area contributed by atoms with Crippen LogP contribution in [0.3, 0.4) is 0 Å². The molecule has 2 atom stereocenters. The van der Waals surface area contributed by atoms with Gasteiger partial charge in [0, 0.05) is 11.5 Å². The molecule has 0 saturated heterocycles. The quantitative estimate of drug-likeness (QED) is 0.0888. The third-order valence-electron chi connectivity index (χ3n) is 6.02. The number of rotatable bonds is 20. The van der Waals surface area contributed by atoms with Gasteiger partial charge in [0.05, 0.1) is 19.0 Å². The summed E-state index contributed by atoms with van der Waals surface area (Å²) < 4.78 is 61.0. The Morgan fingerprint density at radius 1 is 0.795 bits per heavy atom. The average Bonchev–Trinajstić information content (AvgIpc) is 2.98. The van der Waals surface area contributed by atoms with Crippen molar-refractivity contribution in [3.8, 4) is 0 Å². The maximum Gasteiger partial charge on any atom is 0.508 e. The van der Waals surface area contributed by atoms with E-state index in [1.807, 2.05) is 26.0 Å². The Hall–Kier alpha value is -3.08. The predicted molar refractivity (Wildman–Crippen MR) is 158 cm³/mol. The summed E-state index contributed by atoms with van der Waals surface area (Å²) in [5.41, 5.74) is -1.54. The highest BCUT2D eigenvalue weighted by Crippen LogP contribution is 2.23. The number of hydrogen-bond acceptors (Lipinski definition) is 14. The van der Waals surface area contributed by atoms with Crippen LogP contribution < -0.4 is 0 Å². The Balaban J connectivity index is 2.76. The third-order valence-corrected chi connectivity index (χ3v) is 7.94. The molecule has 2 unspecified atom stereocenters. The summed E-state index contributed by atoms with van der Waals surface area (Å²) in [6.45, 7) is 3.84. The zero-order valence-electron chi connectivity index (χ0n) is 25.4. The molecule has 0 aliphatic carbocycles. The molecule has 0 bridgehead atoms. The van der Waals surface area contributed by atoms with Gasteiger partial charge in [0.15, 0.2) is 0 Å². The molecule has 0 heterocycles. The van der Waals surface area contributed by atoms with Crippen LogP contribution in [0.5, 0.6) is 0 Å². The van der Waals surface area contributed by atoms with Gasteiger partial charge < -0.3 is 33.5 Å². The summed E-state index contributed by atoms with van der Waals surface area (Å²) in [5, 5.41) is 9.69. The number of thioether (sulfide) groups is 1. The molecule has 0 amide bonds. The van der Waals surface area contributed by atoms with E-state index in [0.717, 1.165) is 23.7 Å². The fourth-order valence-electron chi connectivity index (χ4n) is 3.01. The van der Waals surface area contributed by atoms with Gasteiger partial charge in [-0.15, -0.1) is 0 Å². The molecule has 0 aliphatic heterocycles. The second kappa shape index (κ2) is 19.3. The molecule has 2 N–H and O–H groups in total. The van der Waals surface area contributed by atoms with E-state index < -0.39 is 77.4 Å². The van der Waals surface area contributed by atoms with Gasteiger partial charge in [-0.1, -0.05) is 43.2 Å². The number of aryl methyl sites for hydroxylation is 1. The standard InChI is InChI=1S/C28H42O14S2/c1-5-6-11-37-23(30)27(3,17-29)18-40-26(33)42-20-28(4,24(31)38-12-13-43-14-15-44(34,35)36)19-41-25(32)39-16-22-9-7-21(2)8-10-22/h7-10,29H,5-6,11-20H2,1-4H3,(H,34,35,36). The molecular formula is C28H42O14S2. The van der Waals surface area contributed by atoms with E-state index in [-0.39, 0.29) is 31.3 Å². The first-order chi connectivity index (χ1) is 20.6. The highest BCUT2D eigenvalue weighted by Gasteiger charge is 2.40. The predicted octanol–water partition coefficient (Wildman–Crippen LogP) is 3.31. The number of esters is 2. The van der Waals surface area contributed by atoms with Crippen molar-refractivity contribution in [1.82, 2.24) is 0 Å². The zero-order valence-corrected chi connectivity index (χ0v) is 27.0. The number of aliphatic hydroxyl groups excluding tert-OH is 1. The average molecular weight is 667 g/mol. The van der Waals surface area contributed by atoms with E-state index >= 15 is 0 Å². The highest BCUT2D eigenvalue weighted by molar-refractivity contribution is 8.00. The van der Waals surface area contributed by atoms with Crippen LogP contribution in [0.1, 0.15) is 44.7 Å². The number of carbonyl (C=O) groups excluding carboxylic acids is 4. The van der Waals surface area contributed by atoms with Crippen molar-refractivity contribution < 1.29 is 65.7 Å². The molecule has 1 aromatic rings. The Morgan fingerprint density at radius 2 is 1.32 bits per heavy atom. The van der Waals surface area contributed by atoms with E-state index in [1.54, 1.807) is 12.1 Å². The first kappa shape index (κ1) is 38.9. The monoisotopic (exact) mass is 666 g/mol. The lowest BCUT2D eigenvalue weighted by Gasteiger charge is -2.27. The van der Waals surface area contributed by atoms with Crippen molar-refractivity contribution in [3.05, 3.63) is 35.4 Å². The molecule has 44 heavy (non-hydrogen) atoms. The Bertz CT molecular complexity index is 1170. The van der Waals surface area contributed by atoms with Crippen LogP contribution in [0, 0.1) is 17.8 Å². The number of unbranched alkanes of at least 4 members (excludes halogenated alkanes) is 1. The van der Waals surface area contributed by atoms with Crippen LogP contribution >= 0.6 is 11.8 Å². The lowest BCUT2D eigenvalue weighted by atomic mass is 9.93. The van der Waals surface area contributed by atoms with Crippen LogP contribution in [0.25, 0.3) is 0 Å². The van der Waals surface area contributed by atoms with Gasteiger partial charge in [0.2, 0.25) is 0 Å². The maximum absolute atomic E-state index is 12.9. The van der Waals surface area contributed by atoms with Crippen molar-refractivity contribution in [3.63, 3.8) is 0 Å². The second-order valence-electron chi connectivity index (χ2n) is 10.4. The Morgan fingerprint density at radius 3 is 1.86 bits per heavy atom. The molecule has 16 heteroatoms. The summed E-state index contributed by atoms with van der Waals surface area (Å²) in [6.07, 6.45) is -0.954. The fourth-order valence-corrected chi connectivity index (χ4v) is 4.73. The molecule has 1 aromatic carbocycles. The topological polar surface area (TPSA) is 198 Å². The molecule has 14 nitrogen and oxygen atoms in total. The highest BCUT2D eigenvalue weighted by atomic mass is 32.2. The van der Waals surface area contributed by atoms with Crippen LogP contribution in [-0.4, -0.2) is 99.2 Å². The maximum atomic E-state index is 12.9. The molecule has 250 valence electrons. The number of aliphatic hydroxyl groups is 1. The van der Waals surface area contributed by atoms with Crippen LogP contribution in [-0.2, 0) is 54.7 Å². The van der Waals surface area contributed by atoms with Crippen molar-refractivity contribution in [2.75, 3.05) is 56.9 Å². The van der Waals surface area contributed by atoms with Gasteiger partial charge in [0.1, 0.15) is 43.9 Å². The van der Waals surface area contributed by atoms with Crippen molar-refractivity contribution in [2.45, 2.75) is 47.1 Å². The first-order valence-corrected chi connectivity index (χ1v) is 16.5. The first-order valence-electron chi connectivity index (χ1n) is 13.8. The summed E-state index contributed by atoms with van der Waals surface area (Å²) in [5.74, 6) is -1.89. The van der Waals surface area contributed by atoms with Crippen LogP contribution in [0.4, 0.5) is 9.59 Å². The van der Waals surface area contributed by atoms with Gasteiger partial charge in [-0.2, -0.15) is 20.2 Å². The van der Waals surface area contributed by atoms with Crippen molar-refractivity contribution in [1.29, 1.82) is 0 Å². The Kier molecular flexibility index (Phi) is 17.1. The van der Waals surface area contributed by atoms with Gasteiger partial charge in [0.25, 0.3) is 10.1 Å². The smallest absolute Gasteiger partial charge is 0.465 e. The number of ether oxygens (including phenoxy) is 6. The second-order valence-corrected chi connectivity index (χ2v) is 13.2. The minimum Gasteiger partial charge on any atom is -0.465 e. The van der Waals surface area contributed by atoms with E-state index in [2.05, 4.69) is 0 Å². The van der Waals surface area contributed by atoms with Gasteiger partial charge in [-0.05, 0) is 32.8 Å². The summed E-state index contributed by atoms with van der Waals surface area (Å²) in [4.78, 5) is 49.9. The zero-order chi connectivity index (χ0) is 33.2. The number of hydrogen-bond donors (Lipinski definition) is 2. The van der Waals surface area contributed by atoms with Crippen LogP contribution in [0.2, 0.25) is 0 Å². The van der Waals surface area contributed by atoms with E-state index in [4.69, 9.17) is 33.0 Å². The Labute approximate surface area is 261 Å². The molecule has 0 fully saturated rings. The SMILES string of the molecule is CCCCOC(=O)C(C)(CO)COC(=O)OCC(C)(COC(=O)OCc1ccc(C)cc1)C(=O)OCCSCCS(=O)(=O)O. The lowest BCUT2D eigenvalue weighted by molar-refractivity contribution is -0.161. The molecule has 0 saturated carbocycles. The minimum absolute atomic E-state index is 0.0669. The number of benzene rings is 1. The number of carbonyl (C=O) groups is 4. The molecule has 0 spiro atoms. The van der Waals surface area contributed by atoms with Gasteiger partial charge >= 0.3 is 24.2 Å². The minimum atomic E-state index is -4.12. The summed E-state index contributed by atoms with van der Waals surface area (Å²) in [6, 6.07) is 7.22. The largest absolute Gasteiger partial charge is 0.508 e. The molecular weight excluding hydrogens is 624 g/mol. The van der Waals surface area contributed by atoms with Gasteiger partial charge in [-0.25, -0.2) is 9.59 Å². The van der Waals surface area contributed by atoms with E-state index in [9.17, 15) is 32.7 Å². The lowest BCUT2D eigenvalue weighted by Crippen LogP contribution is -2.42. The summed E-state index contributed by atoms with van der Waals surface area (Å²) >= 11 is 1.11. The normalized spacial score (nSPS) is 14.0. The fraction of sp³-hybridized carbons (Fsp3) is 0.643. The van der Waals surface area contributed by atoms with Crippen molar-refractivity contribution >= 4 is 46.1 Å². The molecule has 1 rings (SSSR count). The third kappa shape index (κ3) is 15.6. The summed E-state index contributed by atoms with van der Waals surface area (Å²) in [7, 11) is -4.12. The molecule has 0 aromatic heterocycles. The molecule has 0 aliphatic rings. The van der Waals surface area contributed by atoms with Crippen molar-refractivity contribution in [2.24, 2.45) is 10.8 Å². The molecule has 0 radical (unpaired) electrons. The van der Waals surface area contributed by atoms with Crippen LogP contribution in [0.15, 0.2) is 24.3 Å². The van der Waals surface area contributed by atoms with E-state index in [0.29, 0.717) is 12.0 Å². The van der Waals surface area contributed by atoms with E-state index in [1.165, 1.54) is 13.8 Å².